The van der Waals surface area contributed by atoms with Crippen molar-refractivity contribution in [3.63, 3.8) is 0 Å². The standard InChI is InChI=1S/C7H7N/c1-2-5-4(1)6-3-7(5)8-6/h3-5H,1-2H2. The summed E-state index contributed by atoms with van der Waals surface area (Å²) in [5.41, 5.74) is 2.80. The van der Waals surface area contributed by atoms with Crippen LogP contribution in [0.1, 0.15) is 12.8 Å². The molecular weight excluding hydrogens is 98.1 g/mol. The van der Waals surface area contributed by atoms with E-state index in [1.807, 2.05) is 0 Å². The Bertz CT molecular complexity index is 183. The number of rotatable bonds is 0. The summed E-state index contributed by atoms with van der Waals surface area (Å²) in [6, 6.07) is 0. The Labute approximate surface area is 48.1 Å². The van der Waals surface area contributed by atoms with E-state index in [2.05, 4.69) is 11.1 Å². The summed E-state index contributed by atoms with van der Waals surface area (Å²) < 4.78 is 0. The Balaban J connectivity index is 2.15. The summed E-state index contributed by atoms with van der Waals surface area (Å²) >= 11 is 0. The summed E-state index contributed by atoms with van der Waals surface area (Å²) in [4.78, 5) is 4.34. The van der Waals surface area contributed by atoms with Crippen LogP contribution in [0.3, 0.4) is 0 Å². The zero-order chi connectivity index (χ0) is 5.14. The molecule has 0 aromatic carbocycles. The van der Waals surface area contributed by atoms with Gasteiger partial charge in [0, 0.05) is 23.2 Å². The molecular formula is C7H7N. The third-order valence-electron chi connectivity index (χ3n) is 2.59. The first-order chi connectivity index (χ1) is 3.95. The van der Waals surface area contributed by atoms with Crippen LogP contribution < -0.4 is 0 Å². The van der Waals surface area contributed by atoms with Gasteiger partial charge in [0.15, 0.2) is 0 Å². The molecule has 1 nitrogen and oxygen atoms in total. The van der Waals surface area contributed by atoms with Crippen LogP contribution >= 0.6 is 0 Å². The van der Waals surface area contributed by atoms with E-state index in [-0.39, 0.29) is 0 Å². The van der Waals surface area contributed by atoms with Crippen molar-refractivity contribution < 1.29 is 0 Å². The van der Waals surface area contributed by atoms with E-state index in [1.54, 1.807) is 0 Å². The van der Waals surface area contributed by atoms with Crippen LogP contribution in [-0.4, -0.2) is 5.71 Å². The number of hydrogen-bond acceptors (Lipinski definition) is 1. The van der Waals surface area contributed by atoms with Gasteiger partial charge in [0.2, 0.25) is 0 Å². The van der Waals surface area contributed by atoms with Crippen LogP contribution in [0.4, 0.5) is 0 Å². The van der Waals surface area contributed by atoms with Crippen LogP contribution in [0.2, 0.25) is 0 Å². The van der Waals surface area contributed by atoms with Crippen molar-refractivity contribution in [2.45, 2.75) is 12.8 Å². The molecule has 4 rings (SSSR count). The maximum absolute atomic E-state index is 4.34. The first-order valence-corrected chi connectivity index (χ1v) is 3.25. The average Bonchev–Trinajstić information content (AvgIpc) is 1.82. The number of hydrogen-bond donors (Lipinski definition) is 0. The van der Waals surface area contributed by atoms with Crippen molar-refractivity contribution in [3.8, 4) is 0 Å². The smallest absolute Gasteiger partial charge is 0.0462 e. The summed E-state index contributed by atoms with van der Waals surface area (Å²) in [5.74, 6) is 1.79. The molecule has 0 aromatic rings. The fraction of sp³-hybridized carbons (Fsp3) is 0.571. The Morgan fingerprint density at radius 3 is 2.38 bits per heavy atom. The minimum Gasteiger partial charge on any atom is -0.257 e. The van der Waals surface area contributed by atoms with Crippen LogP contribution in [-0.2, 0) is 0 Å². The van der Waals surface area contributed by atoms with Gasteiger partial charge in [0.05, 0.1) is 0 Å². The van der Waals surface area contributed by atoms with E-state index in [0.717, 1.165) is 11.8 Å². The highest BCUT2D eigenvalue weighted by atomic mass is 14.9. The monoisotopic (exact) mass is 105 g/mol. The van der Waals surface area contributed by atoms with Crippen molar-refractivity contribution in [3.05, 3.63) is 11.8 Å². The van der Waals surface area contributed by atoms with E-state index in [1.165, 1.54) is 24.3 Å². The van der Waals surface area contributed by atoms with Gasteiger partial charge in [-0.1, -0.05) is 0 Å². The first kappa shape index (κ1) is 3.44. The number of nitrogens with zero attached hydrogens (tertiary/aromatic N) is 1. The molecule has 2 aliphatic heterocycles. The molecule has 2 bridgehead atoms. The van der Waals surface area contributed by atoms with Crippen molar-refractivity contribution in [2.75, 3.05) is 0 Å². The van der Waals surface area contributed by atoms with Crippen LogP contribution in [0.15, 0.2) is 16.8 Å². The van der Waals surface area contributed by atoms with E-state index in [0.29, 0.717) is 0 Å². The average molecular weight is 105 g/mol. The fourth-order valence-corrected chi connectivity index (χ4v) is 1.89. The zero-order valence-corrected chi connectivity index (χ0v) is 4.59. The maximum Gasteiger partial charge on any atom is 0.0462 e. The minimum absolute atomic E-state index is 0.894. The molecule has 1 heteroatoms. The molecule has 2 atom stereocenters. The van der Waals surface area contributed by atoms with E-state index in [9.17, 15) is 0 Å². The van der Waals surface area contributed by atoms with Gasteiger partial charge in [-0.05, 0) is 18.9 Å². The highest BCUT2D eigenvalue weighted by Crippen LogP contribution is 2.51. The van der Waals surface area contributed by atoms with Crippen molar-refractivity contribution in [1.82, 2.24) is 0 Å². The molecule has 0 aromatic heterocycles. The molecule has 4 aliphatic rings. The molecule has 8 heavy (non-hydrogen) atoms. The van der Waals surface area contributed by atoms with Gasteiger partial charge in [-0.3, -0.25) is 4.99 Å². The van der Waals surface area contributed by atoms with Crippen molar-refractivity contribution in [2.24, 2.45) is 16.8 Å². The number of aliphatic imine (C=N–C) groups is 1. The van der Waals surface area contributed by atoms with Crippen LogP contribution in [0.25, 0.3) is 0 Å². The lowest BCUT2D eigenvalue weighted by atomic mass is 9.76. The third-order valence-corrected chi connectivity index (χ3v) is 2.59. The summed E-state index contributed by atoms with van der Waals surface area (Å²) in [5, 5.41) is 0. The minimum atomic E-state index is 0.894. The Kier molecular flexibility index (Phi) is 0.340. The third kappa shape index (κ3) is 0.177. The highest BCUT2D eigenvalue weighted by molar-refractivity contribution is 6.07. The molecule has 0 amide bonds. The first-order valence-electron chi connectivity index (χ1n) is 3.25. The lowest BCUT2D eigenvalue weighted by molar-refractivity contribution is 0.318. The Morgan fingerprint density at radius 2 is 2.12 bits per heavy atom. The second-order valence-corrected chi connectivity index (χ2v) is 2.90. The van der Waals surface area contributed by atoms with Gasteiger partial charge < -0.3 is 0 Å². The molecule has 0 radical (unpaired) electrons. The largest absolute Gasteiger partial charge is 0.257 e. The summed E-state index contributed by atoms with van der Waals surface area (Å²) in [7, 11) is 0. The molecule has 0 spiro atoms. The molecule has 40 valence electrons. The SMILES string of the molecule is C1=C2N=C1C1CCC21. The van der Waals surface area contributed by atoms with Gasteiger partial charge in [0.1, 0.15) is 0 Å². The van der Waals surface area contributed by atoms with Gasteiger partial charge in [-0.15, -0.1) is 0 Å². The zero-order valence-electron chi connectivity index (χ0n) is 4.59. The molecule has 0 N–H and O–H groups in total. The molecule has 1 saturated carbocycles. The Hall–Kier alpha value is -0.590. The molecule has 0 saturated heterocycles. The Morgan fingerprint density at radius 1 is 1.38 bits per heavy atom. The quantitative estimate of drug-likeness (QED) is 0.441. The highest BCUT2D eigenvalue weighted by Gasteiger charge is 2.46. The number of allylic oxidation sites excluding steroid dienone is 2. The van der Waals surface area contributed by atoms with Crippen LogP contribution in [0.5, 0.6) is 0 Å². The normalized spacial score (nSPS) is 46.0. The van der Waals surface area contributed by atoms with E-state index >= 15 is 0 Å². The second kappa shape index (κ2) is 0.790. The van der Waals surface area contributed by atoms with Gasteiger partial charge in [-0.2, -0.15) is 0 Å². The lowest BCUT2D eigenvalue weighted by Crippen LogP contribution is -2.22. The molecule has 1 fully saturated rings. The predicted molar refractivity (Wildman–Crippen MR) is 31.7 cm³/mol. The van der Waals surface area contributed by atoms with E-state index in [4.69, 9.17) is 0 Å². The predicted octanol–water partition coefficient (Wildman–Crippen LogP) is 1.36. The second-order valence-electron chi connectivity index (χ2n) is 2.90. The van der Waals surface area contributed by atoms with Crippen molar-refractivity contribution >= 4 is 5.71 Å². The molecule has 2 unspecified atom stereocenters. The van der Waals surface area contributed by atoms with Crippen molar-refractivity contribution in [1.29, 1.82) is 0 Å². The lowest BCUT2D eigenvalue weighted by Gasteiger charge is -2.26. The molecule has 2 heterocycles. The van der Waals surface area contributed by atoms with Gasteiger partial charge >= 0.3 is 0 Å². The van der Waals surface area contributed by atoms with Gasteiger partial charge in [-0.25, -0.2) is 0 Å². The molecule has 2 aliphatic carbocycles. The summed E-state index contributed by atoms with van der Waals surface area (Å²) in [6.45, 7) is 0. The van der Waals surface area contributed by atoms with E-state index < -0.39 is 0 Å². The summed E-state index contributed by atoms with van der Waals surface area (Å²) in [6.07, 6.45) is 5.08. The van der Waals surface area contributed by atoms with Gasteiger partial charge in [0.25, 0.3) is 0 Å². The fourth-order valence-electron chi connectivity index (χ4n) is 1.89. The van der Waals surface area contributed by atoms with Crippen LogP contribution in [0, 0.1) is 11.8 Å². The maximum atomic E-state index is 4.34. The topological polar surface area (TPSA) is 12.4 Å².